The molecule has 0 spiro atoms. The van der Waals surface area contributed by atoms with E-state index >= 15 is 0 Å². The minimum absolute atomic E-state index is 0.00660. The molecule has 0 bridgehead atoms. The van der Waals surface area contributed by atoms with Gasteiger partial charge < -0.3 is 29.2 Å². The molecule has 170 valence electrons. The summed E-state index contributed by atoms with van der Waals surface area (Å²) in [5.41, 5.74) is 5.08. The number of H-pyrrole nitrogens is 1. The Labute approximate surface area is 179 Å². The van der Waals surface area contributed by atoms with Gasteiger partial charge in [0.25, 0.3) is 5.56 Å². The molecule has 2 rings (SSSR count). The third-order valence-electron chi connectivity index (χ3n) is 3.70. The lowest BCUT2D eigenvalue weighted by atomic mass is 10.3. The number of methoxy groups -OCH3 is 2. The van der Waals surface area contributed by atoms with Crippen molar-refractivity contribution in [3.05, 3.63) is 41.0 Å². The van der Waals surface area contributed by atoms with E-state index in [0.29, 0.717) is 0 Å². The van der Waals surface area contributed by atoms with Crippen molar-refractivity contribution in [2.45, 2.75) is 12.6 Å². The zero-order valence-electron chi connectivity index (χ0n) is 17.0. The Morgan fingerprint density at radius 3 is 2.28 bits per heavy atom. The van der Waals surface area contributed by atoms with E-state index in [4.69, 9.17) is 15.2 Å². The minimum atomic E-state index is -1.10. The molecular weight excluding hydrogens is 430 g/mol. The number of aromatic amines is 1. The summed E-state index contributed by atoms with van der Waals surface area (Å²) in [6.45, 7) is -0.585. The van der Waals surface area contributed by atoms with Crippen molar-refractivity contribution < 1.29 is 38.1 Å². The van der Waals surface area contributed by atoms with Gasteiger partial charge in [0.15, 0.2) is 17.3 Å². The van der Waals surface area contributed by atoms with Crippen molar-refractivity contribution >= 4 is 41.0 Å². The first-order valence-electron chi connectivity index (χ1n) is 8.83. The number of esters is 4. The van der Waals surface area contributed by atoms with Crippen molar-refractivity contribution in [3.63, 3.8) is 0 Å². The predicted molar refractivity (Wildman–Crippen MR) is 106 cm³/mol. The van der Waals surface area contributed by atoms with Crippen molar-refractivity contribution in [2.24, 2.45) is 0 Å². The van der Waals surface area contributed by atoms with Gasteiger partial charge in [0.1, 0.15) is 6.61 Å². The van der Waals surface area contributed by atoms with Crippen molar-refractivity contribution in [1.29, 1.82) is 0 Å². The average Bonchev–Trinajstić information content (AvgIpc) is 3.16. The Hall–Kier alpha value is -4.49. The molecule has 0 radical (unpaired) electrons. The largest absolute Gasteiger partial charge is 0.466 e. The first-order chi connectivity index (χ1) is 15.2. The zero-order chi connectivity index (χ0) is 23.7. The fraction of sp³-hybridized carbons (Fsp3) is 0.278. The number of anilines is 1. The normalized spacial score (nSPS) is 12.1. The van der Waals surface area contributed by atoms with E-state index < -0.39 is 42.1 Å². The molecule has 2 heterocycles. The number of aromatic nitrogens is 4. The average molecular weight is 449 g/mol. The SMILES string of the molecule is COC(=O)/C=C/C(=O)OCC(Cn1cnc2c(=O)[nH]c(N)nc21)OC(=O)/C=C/C(=O)OC. The summed E-state index contributed by atoms with van der Waals surface area (Å²) >= 11 is 0. The van der Waals surface area contributed by atoms with Gasteiger partial charge in [-0.3, -0.25) is 9.78 Å². The third-order valence-corrected chi connectivity index (χ3v) is 3.70. The molecule has 2 aromatic rings. The van der Waals surface area contributed by atoms with Gasteiger partial charge in [-0.25, -0.2) is 24.2 Å². The highest BCUT2D eigenvalue weighted by Gasteiger charge is 2.19. The Morgan fingerprint density at radius 1 is 1.06 bits per heavy atom. The molecule has 32 heavy (non-hydrogen) atoms. The number of carbonyl (C=O) groups excluding carboxylic acids is 4. The summed E-state index contributed by atoms with van der Waals surface area (Å²) in [7, 11) is 2.27. The summed E-state index contributed by atoms with van der Waals surface area (Å²) in [4.78, 5) is 68.1. The van der Waals surface area contributed by atoms with Gasteiger partial charge >= 0.3 is 23.9 Å². The second-order valence-corrected chi connectivity index (χ2v) is 5.92. The molecule has 0 aliphatic rings. The van der Waals surface area contributed by atoms with Gasteiger partial charge in [0.05, 0.1) is 27.1 Å². The maximum Gasteiger partial charge on any atom is 0.331 e. The number of carbonyl (C=O) groups is 4. The van der Waals surface area contributed by atoms with Crippen LogP contribution in [0, 0.1) is 0 Å². The van der Waals surface area contributed by atoms with E-state index in [1.54, 1.807) is 0 Å². The zero-order valence-corrected chi connectivity index (χ0v) is 17.0. The molecule has 0 aliphatic heterocycles. The standard InChI is InChI=1S/C18H19N5O9/c1-29-11(24)3-5-13(26)31-8-10(32-14(27)6-4-12(25)30-2)7-23-9-20-15-16(23)21-18(19)22-17(15)28/h3-6,9-10H,7-8H2,1-2H3,(H3,19,21,22,28)/b5-3+,6-4+. The van der Waals surface area contributed by atoms with Crippen molar-refractivity contribution in [3.8, 4) is 0 Å². The van der Waals surface area contributed by atoms with Gasteiger partial charge in [0, 0.05) is 24.3 Å². The fourth-order valence-electron chi connectivity index (χ4n) is 2.28. The molecule has 1 unspecified atom stereocenters. The minimum Gasteiger partial charge on any atom is -0.466 e. The van der Waals surface area contributed by atoms with Crippen LogP contribution in [0.15, 0.2) is 35.4 Å². The first-order valence-corrected chi connectivity index (χ1v) is 8.83. The Kier molecular flexibility index (Phi) is 8.21. The maximum atomic E-state index is 12.0. The summed E-state index contributed by atoms with van der Waals surface area (Å²) in [5.74, 6) is -3.54. The predicted octanol–water partition coefficient (Wildman–Crippen LogP) is -1.38. The van der Waals surface area contributed by atoms with Crippen LogP contribution in [0.5, 0.6) is 0 Å². The lowest BCUT2D eigenvalue weighted by Gasteiger charge is -2.17. The van der Waals surface area contributed by atoms with Crippen LogP contribution in [0.1, 0.15) is 0 Å². The fourth-order valence-corrected chi connectivity index (χ4v) is 2.28. The van der Waals surface area contributed by atoms with Crippen LogP contribution < -0.4 is 11.3 Å². The summed E-state index contributed by atoms with van der Waals surface area (Å²) in [5, 5.41) is 0. The molecule has 14 nitrogen and oxygen atoms in total. The Morgan fingerprint density at radius 2 is 1.66 bits per heavy atom. The molecule has 14 heteroatoms. The first kappa shape index (κ1) is 23.8. The number of nitrogens with zero attached hydrogens (tertiary/aromatic N) is 3. The van der Waals surface area contributed by atoms with Crippen LogP contribution in [0.4, 0.5) is 5.95 Å². The van der Waals surface area contributed by atoms with E-state index in [-0.39, 0.29) is 23.7 Å². The van der Waals surface area contributed by atoms with Crippen LogP contribution in [-0.4, -0.2) is 70.3 Å². The summed E-state index contributed by atoms with van der Waals surface area (Å²) in [6.07, 6.45) is 3.52. The Bertz CT molecular complexity index is 1130. The van der Waals surface area contributed by atoms with Crippen LogP contribution in [0.25, 0.3) is 11.2 Å². The second-order valence-electron chi connectivity index (χ2n) is 5.92. The maximum absolute atomic E-state index is 12.0. The smallest absolute Gasteiger partial charge is 0.331 e. The number of imidazole rings is 1. The number of hydrogen-bond acceptors (Lipinski definition) is 12. The molecule has 0 aromatic carbocycles. The van der Waals surface area contributed by atoms with E-state index in [0.717, 1.165) is 38.5 Å². The Balaban J connectivity index is 2.19. The number of nitrogen functional groups attached to an aromatic ring is 1. The van der Waals surface area contributed by atoms with Gasteiger partial charge in [-0.05, 0) is 0 Å². The quantitative estimate of drug-likeness (QED) is 0.259. The molecule has 0 saturated carbocycles. The van der Waals surface area contributed by atoms with Crippen molar-refractivity contribution in [2.75, 3.05) is 26.6 Å². The molecule has 0 saturated heterocycles. The van der Waals surface area contributed by atoms with Gasteiger partial charge in [-0.1, -0.05) is 0 Å². The number of nitrogens with two attached hydrogens (primary N) is 1. The molecule has 0 amide bonds. The lowest BCUT2D eigenvalue weighted by molar-refractivity contribution is -0.153. The molecule has 0 fully saturated rings. The number of ether oxygens (including phenoxy) is 4. The number of nitrogens with one attached hydrogen (secondary N) is 1. The second kappa shape index (κ2) is 11.1. The lowest BCUT2D eigenvalue weighted by Crippen LogP contribution is -2.29. The van der Waals surface area contributed by atoms with Gasteiger partial charge in [0.2, 0.25) is 5.95 Å². The number of hydrogen-bond donors (Lipinski definition) is 2. The van der Waals surface area contributed by atoms with Gasteiger partial charge in [-0.2, -0.15) is 4.98 Å². The topological polar surface area (TPSA) is 195 Å². The van der Waals surface area contributed by atoms with E-state index in [2.05, 4.69) is 24.4 Å². The van der Waals surface area contributed by atoms with Crippen molar-refractivity contribution in [1.82, 2.24) is 19.5 Å². The van der Waals surface area contributed by atoms with Gasteiger partial charge in [-0.15, -0.1) is 0 Å². The van der Waals surface area contributed by atoms with E-state index in [1.165, 1.54) is 10.9 Å². The van der Waals surface area contributed by atoms with Crippen LogP contribution in [0.2, 0.25) is 0 Å². The third kappa shape index (κ3) is 6.79. The van der Waals surface area contributed by atoms with Crippen LogP contribution in [0.3, 0.4) is 0 Å². The number of fused-ring (bicyclic) bond motifs is 1. The van der Waals surface area contributed by atoms with Crippen LogP contribution >= 0.6 is 0 Å². The molecule has 1 atom stereocenters. The summed E-state index contributed by atoms with van der Waals surface area (Å²) in [6, 6.07) is 0. The van der Waals surface area contributed by atoms with E-state index in [9.17, 15) is 24.0 Å². The summed E-state index contributed by atoms with van der Waals surface area (Å²) < 4.78 is 20.3. The van der Waals surface area contributed by atoms with E-state index in [1.807, 2.05) is 0 Å². The molecule has 3 N–H and O–H groups in total. The monoisotopic (exact) mass is 449 g/mol. The van der Waals surface area contributed by atoms with Crippen LogP contribution in [-0.2, 0) is 44.7 Å². The molecule has 2 aromatic heterocycles. The highest BCUT2D eigenvalue weighted by Crippen LogP contribution is 2.10. The molecule has 0 aliphatic carbocycles. The highest BCUT2D eigenvalue weighted by molar-refractivity contribution is 5.92. The molecular formula is C18H19N5O9. The number of rotatable bonds is 9. The highest BCUT2D eigenvalue weighted by atomic mass is 16.6.